The summed E-state index contributed by atoms with van der Waals surface area (Å²) in [5.41, 5.74) is 2.17. The SMILES string of the molecule is COC(=O)C1(S(=O)(=O)N2CCC(OCc3ccccc3)CC2)CCOCC1.O=C(O)C1(S(=O)(=O)N2CCC(OCc3ccccc3)CC2)CCOCC1. The zero-order valence-corrected chi connectivity index (χ0v) is 31.9. The van der Waals surface area contributed by atoms with E-state index in [-0.39, 0.29) is 77.4 Å². The van der Waals surface area contributed by atoms with Crippen LogP contribution in [0.1, 0.15) is 62.5 Å². The van der Waals surface area contributed by atoms with Crippen molar-refractivity contribution < 1.29 is 55.2 Å². The third-order valence-electron chi connectivity index (χ3n) is 10.7. The number of carboxylic acid groups (broad SMARTS) is 1. The predicted molar refractivity (Wildman–Crippen MR) is 195 cm³/mol. The minimum atomic E-state index is -3.94. The average Bonchev–Trinajstić information content (AvgIpc) is 3.20. The van der Waals surface area contributed by atoms with Crippen LogP contribution in [0.25, 0.3) is 0 Å². The van der Waals surface area contributed by atoms with E-state index < -0.39 is 41.5 Å². The number of esters is 1. The number of methoxy groups -OCH3 is 1. The number of aliphatic carboxylic acids is 1. The largest absolute Gasteiger partial charge is 0.480 e. The Morgan fingerprint density at radius 3 is 1.38 bits per heavy atom. The van der Waals surface area contributed by atoms with Crippen molar-refractivity contribution in [2.75, 3.05) is 59.7 Å². The van der Waals surface area contributed by atoms with Gasteiger partial charge in [-0.2, -0.15) is 0 Å². The summed E-state index contributed by atoms with van der Waals surface area (Å²) < 4.78 is 79.2. The molecule has 294 valence electrons. The molecule has 0 bridgehead atoms. The van der Waals surface area contributed by atoms with E-state index in [0.29, 0.717) is 52.0 Å². The standard InChI is InChI=1S/C19H27NO6S.C18H25NO6S/c1-24-18(21)19(9-13-25-14-10-19)27(22,23)20-11-7-17(8-12-20)26-15-16-5-3-2-4-6-16;20-17(21)18(8-12-24-13-9-18)26(22,23)19-10-6-16(7-11-19)25-14-15-4-2-1-3-5-15/h2-6,17H,7-15H2,1H3;1-5,16H,6-14H2,(H,20,21). The van der Waals surface area contributed by atoms with Crippen molar-refractivity contribution in [1.29, 1.82) is 0 Å². The number of sulfonamides is 2. The molecule has 0 aliphatic carbocycles. The lowest BCUT2D eigenvalue weighted by Crippen LogP contribution is -2.58. The average molecular weight is 781 g/mol. The van der Waals surface area contributed by atoms with Gasteiger partial charge in [-0.1, -0.05) is 60.7 Å². The number of carboxylic acids is 1. The second-order valence-corrected chi connectivity index (χ2v) is 18.3. The lowest BCUT2D eigenvalue weighted by atomic mass is 9.99. The molecule has 0 saturated carbocycles. The molecule has 16 heteroatoms. The highest BCUT2D eigenvalue weighted by atomic mass is 32.2. The number of hydrogen-bond donors (Lipinski definition) is 1. The summed E-state index contributed by atoms with van der Waals surface area (Å²) in [7, 11) is -6.53. The van der Waals surface area contributed by atoms with Crippen LogP contribution in [0.3, 0.4) is 0 Å². The zero-order valence-electron chi connectivity index (χ0n) is 30.3. The topological polar surface area (TPSA) is 175 Å². The number of benzene rings is 2. The smallest absolute Gasteiger partial charge is 0.328 e. The molecule has 0 unspecified atom stereocenters. The van der Waals surface area contributed by atoms with Gasteiger partial charge in [0.1, 0.15) is 0 Å². The second kappa shape index (κ2) is 18.6. The Bertz CT molecular complexity index is 1680. The first-order valence-corrected chi connectivity index (χ1v) is 21.1. The summed E-state index contributed by atoms with van der Waals surface area (Å²) in [6, 6.07) is 19.7. The van der Waals surface area contributed by atoms with Crippen molar-refractivity contribution in [3.8, 4) is 0 Å². The first-order valence-electron chi connectivity index (χ1n) is 18.2. The Morgan fingerprint density at radius 2 is 1.02 bits per heavy atom. The molecular formula is C37H52N2O12S2. The summed E-state index contributed by atoms with van der Waals surface area (Å²) in [5.74, 6) is -1.96. The van der Waals surface area contributed by atoms with Gasteiger partial charge in [-0.25, -0.2) is 25.4 Å². The summed E-state index contributed by atoms with van der Waals surface area (Å²) in [5, 5.41) is 9.63. The first-order chi connectivity index (χ1) is 25.4. The number of rotatable bonds is 12. The molecule has 0 radical (unpaired) electrons. The fourth-order valence-electron chi connectivity index (χ4n) is 7.29. The van der Waals surface area contributed by atoms with Crippen LogP contribution >= 0.6 is 0 Å². The summed E-state index contributed by atoms with van der Waals surface area (Å²) >= 11 is 0. The number of hydrogen-bond acceptors (Lipinski definition) is 11. The van der Waals surface area contributed by atoms with Gasteiger partial charge in [0.2, 0.25) is 20.0 Å². The summed E-state index contributed by atoms with van der Waals surface area (Å²) in [4.78, 5) is 24.2. The fraction of sp³-hybridized carbons (Fsp3) is 0.622. The van der Waals surface area contributed by atoms with Crippen molar-refractivity contribution in [3.05, 3.63) is 71.8 Å². The monoisotopic (exact) mass is 780 g/mol. The van der Waals surface area contributed by atoms with E-state index in [1.807, 2.05) is 60.7 Å². The van der Waals surface area contributed by atoms with Crippen LogP contribution in [0.5, 0.6) is 0 Å². The molecule has 4 heterocycles. The molecule has 4 aliphatic heterocycles. The predicted octanol–water partition coefficient (Wildman–Crippen LogP) is 3.35. The number of carbonyl (C=O) groups is 2. The van der Waals surface area contributed by atoms with E-state index in [9.17, 15) is 31.5 Å². The molecule has 4 saturated heterocycles. The molecule has 0 atom stereocenters. The first kappa shape index (κ1) is 41.2. The van der Waals surface area contributed by atoms with Gasteiger partial charge < -0.3 is 28.8 Å². The van der Waals surface area contributed by atoms with Crippen LogP contribution in [0.2, 0.25) is 0 Å². The van der Waals surface area contributed by atoms with Gasteiger partial charge in [-0.3, -0.25) is 9.59 Å². The lowest BCUT2D eigenvalue weighted by Gasteiger charge is -2.40. The van der Waals surface area contributed by atoms with E-state index in [1.165, 1.54) is 15.7 Å². The quantitative estimate of drug-likeness (QED) is 0.312. The minimum Gasteiger partial charge on any atom is -0.480 e. The van der Waals surface area contributed by atoms with Crippen LogP contribution < -0.4 is 0 Å². The summed E-state index contributed by atoms with van der Waals surface area (Å²) in [6.45, 7) is 3.08. The number of ether oxygens (including phenoxy) is 5. The lowest BCUT2D eigenvalue weighted by molar-refractivity contribution is -0.146. The Hall–Kier alpha value is -2.96. The van der Waals surface area contributed by atoms with Crippen LogP contribution in [-0.4, -0.2) is 124 Å². The molecule has 0 amide bonds. The van der Waals surface area contributed by atoms with Gasteiger partial charge in [0.05, 0.1) is 32.5 Å². The minimum absolute atomic E-state index is 0.00486. The van der Waals surface area contributed by atoms with Crippen molar-refractivity contribution in [2.24, 2.45) is 0 Å². The third-order valence-corrected chi connectivity index (χ3v) is 15.9. The Morgan fingerprint density at radius 1 is 0.660 bits per heavy atom. The molecule has 4 aliphatic rings. The maximum Gasteiger partial charge on any atom is 0.328 e. The van der Waals surface area contributed by atoms with Crippen LogP contribution in [-0.2, 0) is 66.5 Å². The highest BCUT2D eigenvalue weighted by molar-refractivity contribution is 7.91. The Balaban J connectivity index is 0.000000204. The number of nitrogens with zero attached hydrogens (tertiary/aromatic N) is 2. The molecular weight excluding hydrogens is 729 g/mol. The van der Waals surface area contributed by atoms with Gasteiger partial charge in [-0.15, -0.1) is 0 Å². The molecule has 6 rings (SSSR count). The molecule has 4 fully saturated rings. The number of carbonyl (C=O) groups excluding carboxylic acids is 1. The van der Waals surface area contributed by atoms with Crippen LogP contribution in [0.15, 0.2) is 60.7 Å². The van der Waals surface area contributed by atoms with E-state index in [1.54, 1.807) is 0 Å². The Labute approximate surface area is 312 Å². The molecule has 0 aromatic heterocycles. The maximum atomic E-state index is 13.3. The fourth-order valence-corrected chi connectivity index (χ4v) is 11.5. The number of piperidine rings is 2. The second-order valence-electron chi connectivity index (χ2n) is 13.8. The van der Waals surface area contributed by atoms with Gasteiger partial charge in [0, 0.05) is 78.3 Å². The summed E-state index contributed by atoms with van der Waals surface area (Å²) in [6.07, 6.45) is 2.61. The van der Waals surface area contributed by atoms with E-state index in [4.69, 9.17) is 23.7 Å². The van der Waals surface area contributed by atoms with Gasteiger partial charge in [0.25, 0.3) is 0 Å². The highest BCUT2D eigenvalue weighted by Crippen LogP contribution is 2.36. The molecule has 1 N–H and O–H groups in total. The van der Waals surface area contributed by atoms with Gasteiger partial charge >= 0.3 is 11.9 Å². The zero-order chi connectivity index (χ0) is 38.0. The Kier molecular flexibility index (Phi) is 14.4. The molecule has 2 aromatic rings. The van der Waals surface area contributed by atoms with Crippen molar-refractivity contribution in [2.45, 2.75) is 86.3 Å². The highest BCUT2D eigenvalue weighted by Gasteiger charge is 2.56. The van der Waals surface area contributed by atoms with Crippen LogP contribution in [0, 0.1) is 0 Å². The van der Waals surface area contributed by atoms with Crippen molar-refractivity contribution in [1.82, 2.24) is 8.61 Å². The molecule has 0 spiro atoms. The molecule has 53 heavy (non-hydrogen) atoms. The molecule has 2 aromatic carbocycles. The van der Waals surface area contributed by atoms with Crippen molar-refractivity contribution >= 4 is 32.0 Å². The van der Waals surface area contributed by atoms with Crippen molar-refractivity contribution in [3.63, 3.8) is 0 Å². The van der Waals surface area contributed by atoms with Crippen LogP contribution in [0.4, 0.5) is 0 Å². The van der Waals surface area contributed by atoms with E-state index in [2.05, 4.69) is 0 Å². The van der Waals surface area contributed by atoms with E-state index in [0.717, 1.165) is 11.1 Å². The molecule has 14 nitrogen and oxygen atoms in total. The van der Waals surface area contributed by atoms with Gasteiger partial charge in [-0.05, 0) is 36.8 Å². The van der Waals surface area contributed by atoms with E-state index >= 15 is 0 Å². The normalized spacial score (nSPS) is 21.9. The maximum absolute atomic E-state index is 13.3. The van der Waals surface area contributed by atoms with Gasteiger partial charge in [0.15, 0.2) is 9.49 Å². The third kappa shape index (κ3) is 9.47.